The molecule has 0 atom stereocenters. The first-order valence-corrected chi connectivity index (χ1v) is 6.05. The number of nitrogens with zero attached hydrogens (tertiary/aromatic N) is 3. The van der Waals surface area contributed by atoms with Gasteiger partial charge in [-0.2, -0.15) is 0 Å². The van der Waals surface area contributed by atoms with Crippen LogP contribution in [0.1, 0.15) is 53.7 Å². The Bertz CT molecular complexity index is 326. The van der Waals surface area contributed by atoms with E-state index in [4.69, 9.17) is 0 Å². The third-order valence-electron chi connectivity index (χ3n) is 2.39. The molecule has 0 spiro atoms. The summed E-state index contributed by atoms with van der Waals surface area (Å²) in [4.78, 5) is 0. The highest BCUT2D eigenvalue weighted by atomic mass is 15.4. The van der Waals surface area contributed by atoms with Crippen molar-refractivity contribution in [1.82, 2.24) is 15.0 Å². The molecule has 0 aliphatic carbocycles. The van der Waals surface area contributed by atoms with Crippen molar-refractivity contribution in [2.45, 2.75) is 60.9 Å². The van der Waals surface area contributed by atoms with Crippen molar-refractivity contribution in [3.8, 4) is 0 Å². The van der Waals surface area contributed by atoms with E-state index in [2.05, 4.69) is 58.1 Å². The second kappa shape index (κ2) is 4.56. The van der Waals surface area contributed by atoms with Crippen molar-refractivity contribution in [3.05, 3.63) is 11.9 Å². The van der Waals surface area contributed by atoms with Crippen molar-refractivity contribution < 1.29 is 0 Å². The van der Waals surface area contributed by atoms with Crippen LogP contribution in [-0.4, -0.2) is 15.0 Å². The smallest absolute Gasteiger partial charge is 0.0832 e. The molecule has 0 aromatic carbocycles. The zero-order valence-electron chi connectivity index (χ0n) is 11.5. The Balaban J connectivity index is 2.52. The molecular formula is C13H25N3. The molecule has 1 heterocycles. The van der Waals surface area contributed by atoms with Gasteiger partial charge in [0.1, 0.15) is 0 Å². The SMILES string of the molecule is CC(C)(C)CCn1cc(CC(C)(C)C)nn1. The monoisotopic (exact) mass is 223 g/mol. The standard InChI is InChI=1S/C13H25N3/c1-12(2,3)7-8-16-10-11(14-15-16)9-13(4,5)6/h10H,7-9H2,1-6H3. The summed E-state index contributed by atoms with van der Waals surface area (Å²) in [5.41, 5.74) is 1.74. The van der Waals surface area contributed by atoms with Crippen LogP contribution < -0.4 is 0 Å². The Morgan fingerprint density at radius 1 is 1.06 bits per heavy atom. The largest absolute Gasteiger partial charge is 0.252 e. The van der Waals surface area contributed by atoms with Crippen molar-refractivity contribution in [2.24, 2.45) is 10.8 Å². The highest BCUT2D eigenvalue weighted by Crippen LogP contribution is 2.20. The molecule has 0 saturated carbocycles. The van der Waals surface area contributed by atoms with Gasteiger partial charge in [0.2, 0.25) is 0 Å². The van der Waals surface area contributed by atoms with E-state index >= 15 is 0 Å². The van der Waals surface area contributed by atoms with Crippen molar-refractivity contribution in [1.29, 1.82) is 0 Å². The lowest BCUT2D eigenvalue weighted by Crippen LogP contribution is -2.11. The lowest BCUT2D eigenvalue weighted by molar-refractivity contribution is 0.338. The van der Waals surface area contributed by atoms with Gasteiger partial charge in [-0.3, -0.25) is 4.68 Å². The summed E-state index contributed by atoms with van der Waals surface area (Å²) in [7, 11) is 0. The van der Waals surface area contributed by atoms with Crippen LogP contribution in [0, 0.1) is 10.8 Å². The van der Waals surface area contributed by atoms with Crippen molar-refractivity contribution >= 4 is 0 Å². The molecule has 0 unspecified atom stereocenters. The summed E-state index contributed by atoms with van der Waals surface area (Å²) in [5, 5.41) is 8.39. The minimum absolute atomic E-state index is 0.283. The minimum Gasteiger partial charge on any atom is -0.252 e. The number of aromatic nitrogens is 3. The predicted molar refractivity (Wildman–Crippen MR) is 67.3 cm³/mol. The molecule has 0 bridgehead atoms. The fourth-order valence-electron chi connectivity index (χ4n) is 1.52. The van der Waals surface area contributed by atoms with Crippen molar-refractivity contribution in [3.63, 3.8) is 0 Å². The Labute approximate surface area is 99.2 Å². The van der Waals surface area contributed by atoms with Crippen molar-refractivity contribution in [2.75, 3.05) is 0 Å². The highest BCUT2D eigenvalue weighted by molar-refractivity contribution is 4.95. The van der Waals surface area contributed by atoms with Crippen LogP contribution in [0.15, 0.2) is 6.20 Å². The summed E-state index contributed by atoms with van der Waals surface area (Å²) in [5.74, 6) is 0. The lowest BCUT2D eigenvalue weighted by Gasteiger charge is -2.17. The Morgan fingerprint density at radius 2 is 1.69 bits per heavy atom. The molecule has 0 aliphatic heterocycles. The van der Waals surface area contributed by atoms with Crippen LogP contribution in [0.4, 0.5) is 0 Å². The second-order valence-electron chi connectivity index (χ2n) is 7.02. The van der Waals surface area contributed by atoms with Gasteiger partial charge >= 0.3 is 0 Å². The maximum Gasteiger partial charge on any atom is 0.0832 e. The zero-order chi connectivity index (χ0) is 12.4. The van der Waals surface area contributed by atoms with E-state index in [0.29, 0.717) is 5.41 Å². The van der Waals surface area contributed by atoms with E-state index in [0.717, 1.165) is 25.1 Å². The Kier molecular flexibility index (Phi) is 3.76. The molecule has 1 aromatic rings. The molecule has 1 rings (SSSR count). The third kappa shape index (κ3) is 5.29. The van der Waals surface area contributed by atoms with Gasteiger partial charge in [-0.05, 0) is 23.7 Å². The van der Waals surface area contributed by atoms with Crippen LogP contribution in [0.2, 0.25) is 0 Å². The van der Waals surface area contributed by atoms with Crippen LogP contribution >= 0.6 is 0 Å². The summed E-state index contributed by atoms with van der Waals surface area (Å²) in [6, 6.07) is 0. The number of aryl methyl sites for hydroxylation is 1. The van der Waals surface area contributed by atoms with Gasteiger partial charge in [0, 0.05) is 12.7 Å². The molecule has 0 radical (unpaired) electrons. The van der Waals surface area contributed by atoms with Gasteiger partial charge in [0.25, 0.3) is 0 Å². The van der Waals surface area contributed by atoms with E-state index in [1.54, 1.807) is 0 Å². The number of hydrogen-bond donors (Lipinski definition) is 0. The third-order valence-corrected chi connectivity index (χ3v) is 2.39. The Hall–Kier alpha value is -0.860. The van der Waals surface area contributed by atoms with E-state index in [9.17, 15) is 0 Å². The van der Waals surface area contributed by atoms with E-state index in [1.807, 2.05) is 4.68 Å². The lowest BCUT2D eigenvalue weighted by atomic mass is 9.91. The molecule has 16 heavy (non-hydrogen) atoms. The average molecular weight is 223 g/mol. The van der Waals surface area contributed by atoms with Gasteiger partial charge in [-0.25, -0.2) is 0 Å². The molecule has 92 valence electrons. The summed E-state index contributed by atoms with van der Waals surface area (Å²) >= 11 is 0. The fourth-order valence-corrected chi connectivity index (χ4v) is 1.52. The second-order valence-corrected chi connectivity index (χ2v) is 7.02. The van der Waals surface area contributed by atoms with Crippen LogP contribution in [0.5, 0.6) is 0 Å². The van der Waals surface area contributed by atoms with Crippen LogP contribution in [-0.2, 0) is 13.0 Å². The molecule has 0 amide bonds. The summed E-state index contributed by atoms with van der Waals surface area (Å²) in [6.45, 7) is 14.4. The van der Waals surface area contributed by atoms with Crippen LogP contribution in [0.25, 0.3) is 0 Å². The van der Waals surface area contributed by atoms with Crippen LogP contribution in [0.3, 0.4) is 0 Å². The number of hydrogen-bond acceptors (Lipinski definition) is 2. The van der Waals surface area contributed by atoms with E-state index in [1.165, 1.54) is 0 Å². The first-order chi connectivity index (χ1) is 7.16. The minimum atomic E-state index is 0.283. The first-order valence-electron chi connectivity index (χ1n) is 6.05. The summed E-state index contributed by atoms with van der Waals surface area (Å²) < 4.78 is 1.96. The maximum atomic E-state index is 4.22. The quantitative estimate of drug-likeness (QED) is 0.787. The molecule has 1 aromatic heterocycles. The van der Waals surface area contributed by atoms with Gasteiger partial charge in [0.15, 0.2) is 0 Å². The fraction of sp³-hybridized carbons (Fsp3) is 0.846. The Morgan fingerprint density at radius 3 is 2.19 bits per heavy atom. The highest BCUT2D eigenvalue weighted by Gasteiger charge is 2.15. The zero-order valence-corrected chi connectivity index (χ0v) is 11.5. The molecule has 0 aliphatic rings. The van der Waals surface area contributed by atoms with Gasteiger partial charge in [-0.15, -0.1) is 5.10 Å². The van der Waals surface area contributed by atoms with Gasteiger partial charge in [-0.1, -0.05) is 46.8 Å². The molecule has 0 fully saturated rings. The maximum absolute atomic E-state index is 4.22. The molecule has 0 N–H and O–H groups in total. The molecular weight excluding hydrogens is 198 g/mol. The average Bonchev–Trinajstić information content (AvgIpc) is 2.44. The molecule has 0 saturated heterocycles. The molecule has 3 nitrogen and oxygen atoms in total. The number of rotatable bonds is 3. The molecule has 3 heteroatoms. The van der Waals surface area contributed by atoms with E-state index in [-0.39, 0.29) is 5.41 Å². The van der Waals surface area contributed by atoms with Gasteiger partial charge < -0.3 is 0 Å². The first kappa shape index (κ1) is 13.2. The topological polar surface area (TPSA) is 30.7 Å². The summed E-state index contributed by atoms with van der Waals surface area (Å²) in [6.07, 6.45) is 4.20. The normalized spacial score (nSPS) is 13.1. The predicted octanol–water partition coefficient (Wildman–Crippen LogP) is 3.30. The van der Waals surface area contributed by atoms with E-state index < -0.39 is 0 Å². The van der Waals surface area contributed by atoms with Gasteiger partial charge in [0.05, 0.1) is 5.69 Å².